The maximum atomic E-state index is 12.3. The number of carbonyl (C=O) groups is 1. The summed E-state index contributed by atoms with van der Waals surface area (Å²) in [7, 11) is 3.38. The smallest absolute Gasteiger partial charge is 0.254 e. The summed E-state index contributed by atoms with van der Waals surface area (Å²) in [6, 6.07) is 7.96. The standard InChI is InChI=1S/C14H20BrNO2/c1-5-14(2,18-4)13(17)16(3)10-11-6-8-12(15)9-7-11/h6-9H,5,10H2,1-4H3. The molecular weight excluding hydrogens is 294 g/mol. The number of amides is 1. The number of ether oxygens (including phenoxy) is 1. The van der Waals surface area contributed by atoms with E-state index in [9.17, 15) is 4.79 Å². The second kappa shape index (κ2) is 6.34. The molecule has 0 saturated carbocycles. The van der Waals surface area contributed by atoms with Gasteiger partial charge in [0.1, 0.15) is 5.60 Å². The van der Waals surface area contributed by atoms with Crippen LogP contribution < -0.4 is 0 Å². The Morgan fingerprint density at radius 3 is 2.39 bits per heavy atom. The summed E-state index contributed by atoms with van der Waals surface area (Å²) in [5, 5.41) is 0. The van der Waals surface area contributed by atoms with E-state index in [1.54, 1.807) is 19.1 Å². The topological polar surface area (TPSA) is 29.5 Å². The zero-order valence-electron chi connectivity index (χ0n) is 11.4. The van der Waals surface area contributed by atoms with Gasteiger partial charge in [0.25, 0.3) is 5.91 Å². The first kappa shape index (κ1) is 15.2. The van der Waals surface area contributed by atoms with Crippen LogP contribution in [-0.4, -0.2) is 30.6 Å². The van der Waals surface area contributed by atoms with Crippen LogP contribution >= 0.6 is 15.9 Å². The Bertz CT molecular complexity index is 399. The summed E-state index contributed by atoms with van der Waals surface area (Å²) in [6.45, 7) is 4.37. The van der Waals surface area contributed by atoms with Crippen LogP contribution in [0.25, 0.3) is 0 Å². The van der Waals surface area contributed by atoms with Crippen molar-refractivity contribution in [3.8, 4) is 0 Å². The van der Waals surface area contributed by atoms with Crippen molar-refractivity contribution in [2.45, 2.75) is 32.4 Å². The minimum Gasteiger partial charge on any atom is -0.369 e. The molecule has 3 nitrogen and oxygen atoms in total. The molecule has 0 spiro atoms. The van der Waals surface area contributed by atoms with E-state index in [2.05, 4.69) is 15.9 Å². The predicted molar refractivity (Wildman–Crippen MR) is 76.3 cm³/mol. The predicted octanol–water partition coefficient (Wildman–Crippen LogP) is 3.22. The molecule has 1 unspecified atom stereocenters. The third-order valence-corrected chi connectivity index (χ3v) is 3.79. The third-order valence-electron chi connectivity index (χ3n) is 3.26. The third kappa shape index (κ3) is 3.56. The number of methoxy groups -OCH3 is 1. The molecule has 1 aromatic carbocycles. The van der Waals surface area contributed by atoms with Gasteiger partial charge in [-0.25, -0.2) is 0 Å². The first-order valence-electron chi connectivity index (χ1n) is 5.98. The van der Waals surface area contributed by atoms with E-state index < -0.39 is 5.60 Å². The van der Waals surface area contributed by atoms with Gasteiger partial charge in [-0.15, -0.1) is 0 Å². The number of likely N-dealkylation sites (N-methyl/N-ethyl adjacent to an activating group) is 1. The van der Waals surface area contributed by atoms with Crippen molar-refractivity contribution in [3.63, 3.8) is 0 Å². The van der Waals surface area contributed by atoms with Crippen molar-refractivity contribution in [1.29, 1.82) is 0 Å². The molecule has 0 saturated heterocycles. The number of carbonyl (C=O) groups excluding carboxylic acids is 1. The maximum Gasteiger partial charge on any atom is 0.254 e. The molecule has 0 heterocycles. The number of rotatable bonds is 5. The fourth-order valence-corrected chi connectivity index (χ4v) is 1.99. The van der Waals surface area contributed by atoms with Crippen LogP contribution in [0.3, 0.4) is 0 Å². The quantitative estimate of drug-likeness (QED) is 0.835. The zero-order chi connectivity index (χ0) is 13.8. The number of hydrogen-bond donors (Lipinski definition) is 0. The van der Waals surface area contributed by atoms with Gasteiger partial charge in [0, 0.05) is 25.2 Å². The van der Waals surface area contributed by atoms with Crippen LogP contribution in [0.4, 0.5) is 0 Å². The molecule has 1 amide bonds. The van der Waals surface area contributed by atoms with Gasteiger partial charge in [-0.3, -0.25) is 4.79 Å². The molecule has 18 heavy (non-hydrogen) atoms. The lowest BCUT2D eigenvalue weighted by atomic mass is 10.0. The number of hydrogen-bond acceptors (Lipinski definition) is 2. The number of halogens is 1. The van der Waals surface area contributed by atoms with Gasteiger partial charge in [0.2, 0.25) is 0 Å². The minimum absolute atomic E-state index is 0.00965. The molecular formula is C14H20BrNO2. The summed E-state index contributed by atoms with van der Waals surface area (Å²) in [6.07, 6.45) is 0.660. The first-order chi connectivity index (χ1) is 8.42. The van der Waals surface area contributed by atoms with E-state index in [1.807, 2.05) is 38.1 Å². The highest BCUT2D eigenvalue weighted by Crippen LogP contribution is 2.19. The highest BCUT2D eigenvalue weighted by atomic mass is 79.9. The van der Waals surface area contributed by atoms with E-state index in [4.69, 9.17) is 4.74 Å². The SMILES string of the molecule is CCC(C)(OC)C(=O)N(C)Cc1ccc(Br)cc1. The molecule has 0 fully saturated rings. The van der Waals surface area contributed by atoms with Crippen LogP contribution in [0.5, 0.6) is 0 Å². The van der Waals surface area contributed by atoms with Gasteiger partial charge in [-0.1, -0.05) is 35.0 Å². The lowest BCUT2D eigenvalue weighted by Crippen LogP contribution is -2.46. The van der Waals surface area contributed by atoms with Gasteiger partial charge in [-0.2, -0.15) is 0 Å². The second-order valence-electron chi connectivity index (χ2n) is 4.58. The van der Waals surface area contributed by atoms with Crippen LogP contribution in [0.15, 0.2) is 28.7 Å². The van der Waals surface area contributed by atoms with E-state index in [1.165, 1.54) is 0 Å². The first-order valence-corrected chi connectivity index (χ1v) is 6.77. The Labute approximate surface area is 117 Å². The Balaban J connectivity index is 2.73. The summed E-state index contributed by atoms with van der Waals surface area (Å²) in [5.41, 5.74) is 0.369. The minimum atomic E-state index is -0.732. The summed E-state index contributed by atoms with van der Waals surface area (Å²) in [5.74, 6) is 0.00965. The molecule has 1 atom stereocenters. The Morgan fingerprint density at radius 2 is 1.94 bits per heavy atom. The Morgan fingerprint density at radius 1 is 1.39 bits per heavy atom. The van der Waals surface area contributed by atoms with Gasteiger partial charge >= 0.3 is 0 Å². The largest absolute Gasteiger partial charge is 0.369 e. The fraction of sp³-hybridized carbons (Fsp3) is 0.500. The number of benzene rings is 1. The van der Waals surface area contributed by atoms with Crippen molar-refractivity contribution < 1.29 is 9.53 Å². The molecule has 0 aliphatic rings. The molecule has 0 N–H and O–H groups in total. The van der Waals surface area contributed by atoms with E-state index in [-0.39, 0.29) is 5.91 Å². The highest BCUT2D eigenvalue weighted by Gasteiger charge is 2.33. The monoisotopic (exact) mass is 313 g/mol. The second-order valence-corrected chi connectivity index (χ2v) is 5.49. The Kier molecular flexibility index (Phi) is 5.35. The normalized spacial score (nSPS) is 14.1. The average molecular weight is 314 g/mol. The summed E-state index contributed by atoms with van der Waals surface area (Å²) in [4.78, 5) is 14.0. The van der Waals surface area contributed by atoms with Crippen LogP contribution in [-0.2, 0) is 16.1 Å². The van der Waals surface area contributed by atoms with Crippen molar-refractivity contribution in [1.82, 2.24) is 4.90 Å². The van der Waals surface area contributed by atoms with Crippen LogP contribution in [0.2, 0.25) is 0 Å². The van der Waals surface area contributed by atoms with Crippen molar-refractivity contribution in [2.24, 2.45) is 0 Å². The molecule has 0 bridgehead atoms. The number of nitrogens with zero attached hydrogens (tertiary/aromatic N) is 1. The average Bonchev–Trinajstić information content (AvgIpc) is 2.39. The summed E-state index contributed by atoms with van der Waals surface area (Å²) >= 11 is 3.39. The van der Waals surface area contributed by atoms with Crippen molar-refractivity contribution in [3.05, 3.63) is 34.3 Å². The molecule has 0 radical (unpaired) electrons. The molecule has 1 rings (SSSR count). The van der Waals surface area contributed by atoms with E-state index in [0.29, 0.717) is 13.0 Å². The maximum absolute atomic E-state index is 12.3. The lowest BCUT2D eigenvalue weighted by molar-refractivity contribution is -0.152. The molecule has 4 heteroatoms. The Hall–Kier alpha value is -0.870. The van der Waals surface area contributed by atoms with Crippen molar-refractivity contribution in [2.75, 3.05) is 14.2 Å². The zero-order valence-corrected chi connectivity index (χ0v) is 13.0. The van der Waals surface area contributed by atoms with Crippen LogP contribution in [0.1, 0.15) is 25.8 Å². The van der Waals surface area contributed by atoms with Gasteiger partial charge in [0.15, 0.2) is 0 Å². The van der Waals surface area contributed by atoms with Crippen molar-refractivity contribution >= 4 is 21.8 Å². The summed E-state index contributed by atoms with van der Waals surface area (Å²) < 4.78 is 6.37. The van der Waals surface area contributed by atoms with E-state index >= 15 is 0 Å². The molecule has 100 valence electrons. The van der Waals surface area contributed by atoms with E-state index in [0.717, 1.165) is 10.0 Å². The van der Waals surface area contributed by atoms with Gasteiger partial charge in [-0.05, 0) is 31.0 Å². The molecule has 1 aromatic rings. The molecule has 0 aromatic heterocycles. The lowest BCUT2D eigenvalue weighted by Gasteiger charge is -2.30. The fourth-order valence-electron chi connectivity index (χ4n) is 1.72. The van der Waals surface area contributed by atoms with Crippen LogP contribution in [0, 0.1) is 0 Å². The van der Waals surface area contributed by atoms with Gasteiger partial charge in [0.05, 0.1) is 0 Å². The van der Waals surface area contributed by atoms with Gasteiger partial charge < -0.3 is 9.64 Å². The molecule has 0 aliphatic carbocycles. The highest BCUT2D eigenvalue weighted by molar-refractivity contribution is 9.10. The molecule has 0 aliphatic heterocycles.